The SMILES string of the molecule is CCCOC(=O)/C=C/c1ccc(OC(=O)c2ccc(OCCCC(F)(F)C(F)(F)C(C)(F)F)cc2)cc1. The van der Waals surface area contributed by atoms with Crippen molar-refractivity contribution in [3.05, 3.63) is 65.7 Å². The Labute approximate surface area is 210 Å². The summed E-state index contributed by atoms with van der Waals surface area (Å²) in [5.74, 6) is -16.0. The van der Waals surface area contributed by atoms with Crippen LogP contribution >= 0.6 is 0 Å². The largest absolute Gasteiger partial charge is 0.494 e. The summed E-state index contributed by atoms with van der Waals surface area (Å²) in [7, 11) is 0. The van der Waals surface area contributed by atoms with E-state index in [0.29, 0.717) is 18.6 Å². The van der Waals surface area contributed by atoms with E-state index < -0.39 is 49.2 Å². The smallest absolute Gasteiger partial charge is 0.371 e. The fourth-order valence-corrected chi connectivity index (χ4v) is 2.88. The Kier molecular flexibility index (Phi) is 10.2. The second-order valence-corrected chi connectivity index (χ2v) is 8.10. The standard InChI is InChI=1S/C26H26F6O5/c1-3-16-36-22(33)14-7-18-5-10-21(11-6-18)37-23(34)19-8-12-20(13-9-19)35-17-4-15-25(29,30)26(31,32)24(2,27)28/h5-14H,3-4,15-17H2,1-2H3/b14-7+. The molecule has 0 saturated heterocycles. The van der Waals surface area contributed by atoms with Crippen LogP contribution in [-0.4, -0.2) is 42.9 Å². The van der Waals surface area contributed by atoms with Crippen LogP contribution in [0.1, 0.15) is 49.0 Å². The first-order valence-corrected chi connectivity index (χ1v) is 11.3. The number of benzene rings is 2. The van der Waals surface area contributed by atoms with Crippen molar-refractivity contribution in [1.82, 2.24) is 0 Å². The zero-order chi connectivity index (χ0) is 27.7. The Balaban J connectivity index is 1.84. The minimum Gasteiger partial charge on any atom is -0.494 e. The van der Waals surface area contributed by atoms with Gasteiger partial charge in [-0.05, 0) is 60.9 Å². The first-order valence-electron chi connectivity index (χ1n) is 11.3. The van der Waals surface area contributed by atoms with Gasteiger partial charge in [-0.15, -0.1) is 0 Å². The Morgan fingerprint density at radius 1 is 0.865 bits per heavy atom. The van der Waals surface area contributed by atoms with Gasteiger partial charge in [0.25, 0.3) is 0 Å². The molecule has 0 spiro atoms. The molecule has 0 amide bonds. The highest BCUT2D eigenvalue weighted by molar-refractivity contribution is 5.91. The number of alkyl halides is 6. The summed E-state index contributed by atoms with van der Waals surface area (Å²) in [5.41, 5.74) is 0.825. The van der Waals surface area contributed by atoms with Crippen LogP contribution in [-0.2, 0) is 9.53 Å². The van der Waals surface area contributed by atoms with Gasteiger partial charge in [0, 0.05) is 19.4 Å². The highest BCUT2D eigenvalue weighted by Gasteiger charge is 2.68. The van der Waals surface area contributed by atoms with Crippen LogP contribution in [0.2, 0.25) is 0 Å². The molecule has 0 fully saturated rings. The highest BCUT2D eigenvalue weighted by atomic mass is 19.3. The highest BCUT2D eigenvalue weighted by Crippen LogP contribution is 2.47. The number of carbonyl (C=O) groups is 2. The topological polar surface area (TPSA) is 61.8 Å². The Morgan fingerprint density at radius 2 is 1.46 bits per heavy atom. The van der Waals surface area contributed by atoms with Gasteiger partial charge >= 0.3 is 29.7 Å². The van der Waals surface area contributed by atoms with Gasteiger partial charge in [0.15, 0.2) is 0 Å². The fraction of sp³-hybridized carbons (Fsp3) is 0.385. The number of rotatable bonds is 13. The number of hydrogen-bond donors (Lipinski definition) is 0. The summed E-state index contributed by atoms with van der Waals surface area (Å²) < 4.78 is 94.5. The van der Waals surface area contributed by atoms with E-state index in [2.05, 4.69) is 0 Å². The summed E-state index contributed by atoms with van der Waals surface area (Å²) in [5, 5.41) is 0. The van der Waals surface area contributed by atoms with Crippen LogP contribution < -0.4 is 9.47 Å². The third kappa shape index (κ3) is 8.54. The summed E-state index contributed by atoms with van der Waals surface area (Å²) in [6.45, 7) is 1.52. The second kappa shape index (κ2) is 12.6. The molecule has 0 radical (unpaired) electrons. The average Bonchev–Trinajstić information content (AvgIpc) is 2.84. The number of carbonyl (C=O) groups excluding carboxylic acids is 2. The maximum absolute atomic E-state index is 13.5. The lowest BCUT2D eigenvalue weighted by molar-refractivity contribution is -0.304. The van der Waals surface area contributed by atoms with E-state index >= 15 is 0 Å². The van der Waals surface area contributed by atoms with Gasteiger partial charge in [0.2, 0.25) is 0 Å². The van der Waals surface area contributed by atoms with Gasteiger partial charge in [-0.2, -0.15) is 26.3 Å². The fourth-order valence-electron chi connectivity index (χ4n) is 2.88. The molecule has 2 aromatic carbocycles. The average molecular weight is 532 g/mol. The molecular weight excluding hydrogens is 506 g/mol. The molecule has 0 N–H and O–H groups in total. The maximum atomic E-state index is 13.5. The molecule has 0 atom stereocenters. The third-order valence-corrected chi connectivity index (χ3v) is 4.96. The number of esters is 2. The summed E-state index contributed by atoms with van der Waals surface area (Å²) in [6, 6.07) is 11.7. The number of hydrogen-bond acceptors (Lipinski definition) is 5. The van der Waals surface area contributed by atoms with Crippen molar-refractivity contribution < 1.29 is 50.1 Å². The second-order valence-electron chi connectivity index (χ2n) is 8.10. The van der Waals surface area contributed by atoms with Crippen LogP contribution in [0.3, 0.4) is 0 Å². The Bertz CT molecular complexity index is 1060. The molecule has 202 valence electrons. The van der Waals surface area contributed by atoms with Crippen molar-refractivity contribution >= 4 is 18.0 Å². The predicted molar refractivity (Wildman–Crippen MR) is 123 cm³/mol. The molecule has 0 aliphatic rings. The predicted octanol–water partition coefficient (Wildman–Crippen LogP) is 6.96. The van der Waals surface area contributed by atoms with Crippen LogP contribution in [0.4, 0.5) is 26.3 Å². The van der Waals surface area contributed by atoms with E-state index in [4.69, 9.17) is 14.2 Å². The van der Waals surface area contributed by atoms with Crippen molar-refractivity contribution in [2.24, 2.45) is 0 Å². The normalized spacial score (nSPS) is 12.4. The Hall–Kier alpha value is -3.50. The maximum Gasteiger partial charge on any atom is 0.371 e. The molecule has 0 aromatic heterocycles. The monoisotopic (exact) mass is 532 g/mol. The lowest BCUT2D eigenvalue weighted by atomic mass is 10.0. The molecule has 0 saturated carbocycles. The van der Waals surface area contributed by atoms with Crippen molar-refractivity contribution in [3.8, 4) is 11.5 Å². The molecule has 0 aliphatic carbocycles. The first kappa shape index (κ1) is 29.7. The molecular formula is C26H26F6O5. The van der Waals surface area contributed by atoms with E-state index in [1.54, 1.807) is 18.2 Å². The van der Waals surface area contributed by atoms with Crippen molar-refractivity contribution in [2.75, 3.05) is 13.2 Å². The molecule has 0 unspecified atom stereocenters. The first-order chi connectivity index (χ1) is 17.3. The lowest BCUT2D eigenvalue weighted by Crippen LogP contribution is -2.52. The molecule has 2 rings (SSSR count). The minimum atomic E-state index is -5.48. The molecule has 0 bridgehead atoms. The van der Waals surface area contributed by atoms with Gasteiger partial charge < -0.3 is 14.2 Å². The van der Waals surface area contributed by atoms with E-state index in [-0.39, 0.29) is 24.0 Å². The van der Waals surface area contributed by atoms with Crippen molar-refractivity contribution in [1.29, 1.82) is 0 Å². The van der Waals surface area contributed by atoms with E-state index in [1.807, 2.05) is 6.92 Å². The molecule has 11 heteroatoms. The minimum absolute atomic E-state index is 0.145. The van der Waals surface area contributed by atoms with Gasteiger partial charge in [0.1, 0.15) is 11.5 Å². The van der Waals surface area contributed by atoms with Crippen LogP contribution in [0.25, 0.3) is 6.08 Å². The van der Waals surface area contributed by atoms with E-state index in [0.717, 1.165) is 0 Å². The number of halogens is 6. The quantitative estimate of drug-likeness (QED) is 0.0918. The lowest BCUT2D eigenvalue weighted by Gasteiger charge is -2.30. The third-order valence-electron chi connectivity index (χ3n) is 4.96. The van der Waals surface area contributed by atoms with Gasteiger partial charge in [-0.25, -0.2) is 9.59 Å². The zero-order valence-corrected chi connectivity index (χ0v) is 20.1. The van der Waals surface area contributed by atoms with Crippen LogP contribution in [0, 0.1) is 0 Å². The van der Waals surface area contributed by atoms with Gasteiger partial charge in [-0.1, -0.05) is 19.1 Å². The molecule has 2 aromatic rings. The van der Waals surface area contributed by atoms with Crippen LogP contribution in [0.15, 0.2) is 54.6 Å². The zero-order valence-electron chi connectivity index (χ0n) is 20.1. The van der Waals surface area contributed by atoms with Gasteiger partial charge in [0.05, 0.1) is 18.8 Å². The molecule has 5 nitrogen and oxygen atoms in total. The Morgan fingerprint density at radius 3 is 2.03 bits per heavy atom. The summed E-state index contributed by atoms with van der Waals surface area (Å²) in [4.78, 5) is 23.8. The number of ether oxygens (including phenoxy) is 3. The molecule has 0 aliphatic heterocycles. The van der Waals surface area contributed by atoms with Crippen molar-refractivity contribution in [2.45, 2.75) is 50.9 Å². The van der Waals surface area contributed by atoms with Crippen LogP contribution in [0.5, 0.6) is 11.5 Å². The molecule has 37 heavy (non-hydrogen) atoms. The summed E-state index contributed by atoms with van der Waals surface area (Å²) >= 11 is 0. The van der Waals surface area contributed by atoms with Crippen molar-refractivity contribution in [3.63, 3.8) is 0 Å². The van der Waals surface area contributed by atoms with E-state index in [1.165, 1.54) is 42.5 Å². The van der Waals surface area contributed by atoms with Gasteiger partial charge in [-0.3, -0.25) is 0 Å². The summed E-state index contributed by atoms with van der Waals surface area (Å²) in [6.07, 6.45) is 1.45. The van der Waals surface area contributed by atoms with E-state index in [9.17, 15) is 35.9 Å². The molecule has 0 heterocycles.